The monoisotopic (exact) mass is 335 g/mol. The summed E-state index contributed by atoms with van der Waals surface area (Å²) in [4.78, 5) is 24.9. The van der Waals surface area contributed by atoms with E-state index in [0.29, 0.717) is 22.8 Å². The molecule has 0 radical (unpaired) electrons. The fourth-order valence-corrected chi connectivity index (χ4v) is 3.08. The molecule has 1 fully saturated rings. The van der Waals surface area contributed by atoms with Gasteiger partial charge in [-0.15, -0.1) is 0 Å². The summed E-state index contributed by atoms with van der Waals surface area (Å²) in [6.07, 6.45) is -0.199. The summed E-state index contributed by atoms with van der Waals surface area (Å²) in [7, 11) is 0. The minimum absolute atomic E-state index is 0.0777. The van der Waals surface area contributed by atoms with Crippen molar-refractivity contribution in [2.24, 2.45) is 0 Å². The Morgan fingerprint density at radius 2 is 2.04 bits per heavy atom. The SMILES string of the molecule is Cc1cc(-n2c(C)cc(C(=O)N3CCC(F)(C(=O)O)C3)c2C)no1. The van der Waals surface area contributed by atoms with Crippen LogP contribution in [0.4, 0.5) is 4.39 Å². The second-order valence-electron chi connectivity index (χ2n) is 6.16. The maximum absolute atomic E-state index is 14.2. The van der Waals surface area contributed by atoms with Crippen molar-refractivity contribution in [3.63, 3.8) is 0 Å². The Morgan fingerprint density at radius 3 is 2.58 bits per heavy atom. The summed E-state index contributed by atoms with van der Waals surface area (Å²) >= 11 is 0. The summed E-state index contributed by atoms with van der Waals surface area (Å²) in [6.45, 7) is 5.00. The zero-order valence-corrected chi connectivity index (χ0v) is 13.7. The molecule has 2 aromatic heterocycles. The van der Waals surface area contributed by atoms with Crippen molar-refractivity contribution in [2.75, 3.05) is 13.1 Å². The van der Waals surface area contributed by atoms with Gasteiger partial charge in [-0.2, -0.15) is 0 Å². The van der Waals surface area contributed by atoms with Crippen LogP contribution in [0.2, 0.25) is 0 Å². The molecule has 0 saturated carbocycles. The first-order chi connectivity index (χ1) is 11.2. The third kappa shape index (κ3) is 2.47. The lowest BCUT2D eigenvalue weighted by Crippen LogP contribution is -2.39. The average Bonchev–Trinajstić information content (AvgIpc) is 3.18. The van der Waals surface area contributed by atoms with Crippen LogP contribution in [-0.4, -0.2) is 50.4 Å². The van der Waals surface area contributed by atoms with E-state index in [9.17, 15) is 14.0 Å². The molecule has 1 aliphatic rings. The largest absolute Gasteiger partial charge is 0.479 e. The molecule has 3 rings (SSSR count). The van der Waals surface area contributed by atoms with Crippen molar-refractivity contribution in [1.29, 1.82) is 0 Å². The molecule has 0 spiro atoms. The number of alkyl halides is 1. The number of hydrogen-bond acceptors (Lipinski definition) is 4. The molecule has 3 heterocycles. The number of aliphatic carboxylic acids is 1. The Morgan fingerprint density at radius 1 is 1.33 bits per heavy atom. The zero-order valence-electron chi connectivity index (χ0n) is 13.7. The summed E-state index contributed by atoms with van der Waals surface area (Å²) in [5.74, 6) is -0.696. The summed E-state index contributed by atoms with van der Waals surface area (Å²) in [6, 6.07) is 3.45. The Bertz CT molecular complexity index is 825. The standard InChI is InChI=1S/C16H18FN3O4/c1-9-6-12(11(3)20(9)13-7-10(2)24-18-13)14(21)19-5-4-16(17,8-19)15(22)23/h6-7H,4-5,8H2,1-3H3,(H,22,23). The highest BCUT2D eigenvalue weighted by Crippen LogP contribution is 2.29. The molecule has 1 unspecified atom stereocenters. The first-order valence-electron chi connectivity index (χ1n) is 7.57. The number of aryl methyl sites for hydroxylation is 2. The highest BCUT2D eigenvalue weighted by Gasteiger charge is 2.47. The van der Waals surface area contributed by atoms with E-state index in [2.05, 4.69) is 5.16 Å². The maximum atomic E-state index is 14.2. The lowest BCUT2D eigenvalue weighted by molar-refractivity contribution is -0.149. The number of hydrogen-bond donors (Lipinski definition) is 1. The lowest BCUT2D eigenvalue weighted by Gasteiger charge is -2.17. The van der Waals surface area contributed by atoms with Gasteiger partial charge in [-0.25, -0.2) is 9.18 Å². The third-order valence-electron chi connectivity index (χ3n) is 4.40. The van der Waals surface area contributed by atoms with Gasteiger partial charge < -0.3 is 14.5 Å². The molecule has 1 atom stereocenters. The number of carboxylic acids is 1. The average molecular weight is 335 g/mol. The van der Waals surface area contributed by atoms with E-state index < -0.39 is 18.2 Å². The van der Waals surface area contributed by atoms with E-state index in [1.54, 1.807) is 30.5 Å². The second kappa shape index (κ2) is 5.47. The first kappa shape index (κ1) is 16.2. The quantitative estimate of drug-likeness (QED) is 0.927. The van der Waals surface area contributed by atoms with Crippen LogP contribution in [0.25, 0.3) is 5.82 Å². The van der Waals surface area contributed by atoms with Crippen LogP contribution in [0.1, 0.15) is 33.9 Å². The number of likely N-dealkylation sites (tertiary alicyclic amines) is 1. The van der Waals surface area contributed by atoms with E-state index in [-0.39, 0.29) is 18.9 Å². The van der Waals surface area contributed by atoms with E-state index >= 15 is 0 Å². The van der Waals surface area contributed by atoms with Gasteiger partial charge in [0.15, 0.2) is 5.82 Å². The summed E-state index contributed by atoms with van der Waals surface area (Å²) < 4.78 is 21.0. The predicted molar refractivity (Wildman–Crippen MR) is 82.0 cm³/mol. The van der Waals surface area contributed by atoms with Crippen LogP contribution >= 0.6 is 0 Å². The fourth-order valence-electron chi connectivity index (χ4n) is 3.08. The number of aromatic nitrogens is 2. The molecule has 1 N–H and O–H groups in total. The number of carboxylic acid groups (broad SMARTS) is 1. The normalized spacial score (nSPS) is 20.6. The fraction of sp³-hybridized carbons (Fsp3) is 0.438. The Kier molecular flexibility index (Phi) is 3.70. The third-order valence-corrected chi connectivity index (χ3v) is 4.40. The highest BCUT2D eigenvalue weighted by molar-refractivity contribution is 5.97. The van der Waals surface area contributed by atoms with Gasteiger partial charge in [0.25, 0.3) is 5.91 Å². The number of carbonyl (C=O) groups is 2. The molecule has 7 nitrogen and oxygen atoms in total. The molecule has 1 aliphatic heterocycles. The van der Waals surface area contributed by atoms with E-state index in [0.717, 1.165) is 5.69 Å². The Balaban J connectivity index is 1.91. The van der Waals surface area contributed by atoms with Gasteiger partial charge >= 0.3 is 5.97 Å². The van der Waals surface area contributed by atoms with Crippen LogP contribution in [0.3, 0.4) is 0 Å². The predicted octanol–water partition coefficient (Wildman–Crippen LogP) is 2.03. The lowest BCUT2D eigenvalue weighted by atomic mass is 10.1. The summed E-state index contributed by atoms with van der Waals surface area (Å²) in [5, 5.41) is 12.9. The van der Waals surface area contributed by atoms with Crippen molar-refractivity contribution < 1.29 is 23.6 Å². The molecule has 0 aromatic carbocycles. The zero-order chi connectivity index (χ0) is 17.6. The van der Waals surface area contributed by atoms with Crippen molar-refractivity contribution in [1.82, 2.24) is 14.6 Å². The smallest absolute Gasteiger partial charge is 0.343 e. The van der Waals surface area contributed by atoms with Gasteiger partial charge in [0.1, 0.15) is 5.76 Å². The minimum atomic E-state index is -2.37. The topological polar surface area (TPSA) is 88.6 Å². The van der Waals surface area contributed by atoms with Crippen LogP contribution in [0.15, 0.2) is 16.7 Å². The van der Waals surface area contributed by atoms with Crippen molar-refractivity contribution in [3.05, 3.63) is 34.8 Å². The Hall–Kier alpha value is -2.64. The summed E-state index contributed by atoms with van der Waals surface area (Å²) in [5.41, 5.74) is -0.530. The number of carbonyl (C=O) groups excluding carboxylic acids is 1. The van der Waals surface area contributed by atoms with Crippen LogP contribution in [-0.2, 0) is 4.79 Å². The van der Waals surface area contributed by atoms with Gasteiger partial charge in [-0.3, -0.25) is 9.36 Å². The second-order valence-corrected chi connectivity index (χ2v) is 6.16. The number of nitrogens with zero attached hydrogens (tertiary/aromatic N) is 3. The molecule has 1 amide bonds. The molecule has 128 valence electrons. The van der Waals surface area contributed by atoms with E-state index in [1.165, 1.54) is 4.90 Å². The Labute approximate surface area is 137 Å². The molecule has 1 saturated heterocycles. The molecule has 24 heavy (non-hydrogen) atoms. The van der Waals surface area contributed by atoms with Crippen LogP contribution in [0.5, 0.6) is 0 Å². The van der Waals surface area contributed by atoms with Gasteiger partial charge in [0.2, 0.25) is 5.67 Å². The first-order valence-corrected chi connectivity index (χ1v) is 7.57. The van der Waals surface area contributed by atoms with Gasteiger partial charge in [0.05, 0.1) is 12.1 Å². The van der Waals surface area contributed by atoms with Gasteiger partial charge in [0, 0.05) is 30.4 Å². The van der Waals surface area contributed by atoms with E-state index in [1.807, 2.05) is 6.92 Å². The van der Waals surface area contributed by atoms with Crippen LogP contribution < -0.4 is 0 Å². The molecule has 8 heteroatoms. The van der Waals surface area contributed by atoms with E-state index in [4.69, 9.17) is 9.63 Å². The number of amides is 1. The van der Waals surface area contributed by atoms with Crippen molar-refractivity contribution >= 4 is 11.9 Å². The molecular weight excluding hydrogens is 317 g/mol. The van der Waals surface area contributed by atoms with Crippen molar-refractivity contribution in [3.8, 4) is 5.82 Å². The molecule has 2 aromatic rings. The molecule has 0 aliphatic carbocycles. The van der Waals surface area contributed by atoms with Crippen molar-refractivity contribution in [2.45, 2.75) is 32.9 Å². The molecule has 0 bridgehead atoms. The maximum Gasteiger partial charge on any atom is 0.343 e. The van der Waals surface area contributed by atoms with Crippen LogP contribution in [0, 0.1) is 20.8 Å². The van der Waals surface area contributed by atoms with Gasteiger partial charge in [-0.05, 0) is 26.8 Å². The number of rotatable bonds is 3. The number of halogens is 1. The molecular formula is C16H18FN3O4. The van der Waals surface area contributed by atoms with Gasteiger partial charge in [-0.1, -0.05) is 5.16 Å². The highest BCUT2D eigenvalue weighted by atomic mass is 19.1. The minimum Gasteiger partial charge on any atom is -0.479 e.